The summed E-state index contributed by atoms with van der Waals surface area (Å²) in [5, 5.41) is 10.1. The molecule has 0 spiro atoms. The fourth-order valence-electron chi connectivity index (χ4n) is 2.11. The van der Waals surface area contributed by atoms with Crippen molar-refractivity contribution in [2.24, 2.45) is 0 Å². The van der Waals surface area contributed by atoms with Gasteiger partial charge in [0.15, 0.2) is 11.5 Å². The van der Waals surface area contributed by atoms with Crippen LogP contribution >= 0.6 is 0 Å². The summed E-state index contributed by atoms with van der Waals surface area (Å²) >= 11 is 0. The third kappa shape index (κ3) is 1.86. The summed E-state index contributed by atoms with van der Waals surface area (Å²) in [6.45, 7) is 8.05. The molecule has 2 aliphatic heterocycles. The van der Waals surface area contributed by atoms with Crippen LogP contribution in [0.4, 0.5) is 0 Å². The predicted molar refractivity (Wildman–Crippen MR) is 69.9 cm³/mol. The van der Waals surface area contributed by atoms with Crippen LogP contribution in [-0.2, 0) is 9.31 Å². The second-order valence-corrected chi connectivity index (χ2v) is 5.85. The van der Waals surface area contributed by atoms with E-state index < -0.39 is 18.3 Å². The third-order valence-corrected chi connectivity index (χ3v) is 4.03. The molecule has 1 saturated heterocycles. The van der Waals surface area contributed by atoms with E-state index in [0.717, 1.165) is 0 Å². The highest BCUT2D eigenvalue weighted by Crippen LogP contribution is 2.39. The number of aromatic hydroxyl groups is 1. The maximum atomic E-state index is 10.1. The van der Waals surface area contributed by atoms with Gasteiger partial charge >= 0.3 is 7.12 Å². The van der Waals surface area contributed by atoms with Gasteiger partial charge < -0.3 is 23.9 Å². The van der Waals surface area contributed by atoms with Gasteiger partial charge in [0.1, 0.15) is 5.75 Å². The van der Waals surface area contributed by atoms with Crippen LogP contribution in [0.5, 0.6) is 17.2 Å². The Balaban J connectivity index is 1.96. The molecule has 1 aromatic rings. The standard InChI is InChI=1S/C13H17BO5/c1-12(2)13(3,4)19-14(18-12)8-5-10-11(6-9(8)15)17-7-16-10/h5-6,15H,7H2,1-4H3. The average molecular weight is 264 g/mol. The van der Waals surface area contributed by atoms with Crippen molar-refractivity contribution in [2.75, 3.05) is 6.79 Å². The summed E-state index contributed by atoms with van der Waals surface area (Å²) < 4.78 is 22.4. The van der Waals surface area contributed by atoms with Gasteiger partial charge in [-0.3, -0.25) is 0 Å². The minimum absolute atomic E-state index is 0.0859. The van der Waals surface area contributed by atoms with Crippen molar-refractivity contribution >= 4 is 12.6 Å². The van der Waals surface area contributed by atoms with Crippen LogP contribution < -0.4 is 14.9 Å². The largest absolute Gasteiger partial charge is 0.508 e. The normalized spacial score (nSPS) is 22.8. The van der Waals surface area contributed by atoms with E-state index in [4.69, 9.17) is 18.8 Å². The van der Waals surface area contributed by atoms with E-state index in [0.29, 0.717) is 17.0 Å². The molecule has 1 fully saturated rings. The van der Waals surface area contributed by atoms with E-state index in [-0.39, 0.29) is 12.5 Å². The summed E-state index contributed by atoms with van der Waals surface area (Å²) in [6, 6.07) is 3.24. The molecule has 6 heteroatoms. The van der Waals surface area contributed by atoms with Gasteiger partial charge in [0.2, 0.25) is 6.79 Å². The minimum Gasteiger partial charge on any atom is -0.508 e. The van der Waals surface area contributed by atoms with E-state index in [1.807, 2.05) is 27.7 Å². The molecule has 1 aromatic carbocycles. The van der Waals surface area contributed by atoms with E-state index in [2.05, 4.69) is 0 Å². The lowest BCUT2D eigenvalue weighted by Crippen LogP contribution is -2.41. The van der Waals surface area contributed by atoms with Gasteiger partial charge in [-0.2, -0.15) is 0 Å². The first-order valence-corrected chi connectivity index (χ1v) is 6.28. The van der Waals surface area contributed by atoms with Crippen LogP contribution in [0.1, 0.15) is 27.7 Å². The van der Waals surface area contributed by atoms with Crippen molar-refractivity contribution in [1.82, 2.24) is 0 Å². The van der Waals surface area contributed by atoms with E-state index in [9.17, 15) is 5.11 Å². The highest BCUT2D eigenvalue weighted by atomic mass is 16.7. The molecule has 2 heterocycles. The Hall–Kier alpha value is -1.40. The zero-order valence-corrected chi connectivity index (χ0v) is 11.5. The van der Waals surface area contributed by atoms with E-state index >= 15 is 0 Å². The monoisotopic (exact) mass is 264 g/mol. The number of phenols is 1. The lowest BCUT2D eigenvalue weighted by molar-refractivity contribution is 0.00578. The number of rotatable bonds is 1. The van der Waals surface area contributed by atoms with Crippen LogP contribution in [0.25, 0.3) is 0 Å². The second kappa shape index (κ2) is 3.80. The third-order valence-electron chi connectivity index (χ3n) is 4.03. The Morgan fingerprint density at radius 3 is 2.11 bits per heavy atom. The van der Waals surface area contributed by atoms with Crippen molar-refractivity contribution in [3.8, 4) is 17.2 Å². The molecule has 0 atom stereocenters. The molecule has 0 unspecified atom stereocenters. The lowest BCUT2D eigenvalue weighted by atomic mass is 9.78. The molecule has 3 rings (SSSR count). The van der Waals surface area contributed by atoms with Gasteiger partial charge in [-0.05, 0) is 33.8 Å². The Labute approximate surface area is 112 Å². The molecule has 19 heavy (non-hydrogen) atoms. The topological polar surface area (TPSA) is 57.2 Å². The highest BCUT2D eigenvalue weighted by Gasteiger charge is 2.52. The van der Waals surface area contributed by atoms with Gasteiger partial charge in [0.05, 0.1) is 11.2 Å². The van der Waals surface area contributed by atoms with Crippen molar-refractivity contribution < 1.29 is 23.9 Å². The molecule has 0 saturated carbocycles. The van der Waals surface area contributed by atoms with Gasteiger partial charge in [0.25, 0.3) is 0 Å². The molecule has 0 aliphatic carbocycles. The fraction of sp³-hybridized carbons (Fsp3) is 0.538. The summed E-state index contributed by atoms with van der Waals surface area (Å²) in [7, 11) is -0.612. The van der Waals surface area contributed by atoms with Gasteiger partial charge in [-0.25, -0.2) is 0 Å². The van der Waals surface area contributed by atoms with Crippen LogP contribution in [0, 0.1) is 0 Å². The lowest BCUT2D eigenvalue weighted by Gasteiger charge is -2.32. The molecule has 2 aliphatic rings. The van der Waals surface area contributed by atoms with Gasteiger partial charge in [-0.1, -0.05) is 0 Å². The van der Waals surface area contributed by atoms with Crippen molar-refractivity contribution in [3.63, 3.8) is 0 Å². The Kier molecular flexibility index (Phi) is 2.53. The summed E-state index contributed by atoms with van der Waals surface area (Å²) in [6.07, 6.45) is 0. The maximum Gasteiger partial charge on any atom is 0.498 e. The molecule has 0 aromatic heterocycles. The van der Waals surface area contributed by atoms with Crippen LogP contribution in [0.3, 0.4) is 0 Å². The predicted octanol–water partition coefficient (Wildman–Crippen LogP) is 1.42. The van der Waals surface area contributed by atoms with Crippen molar-refractivity contribution in [2.45, 2.75) is 38.9 Å². The molecule has 102 valence electrons. The number of ether oxygens (including phenoxy) is 2. The summed E-state index contributed by atoms with van der Waals surface area (Å²) in [5.41, 5.74) is -0.330. The Morgan fingerprint density at radius 1 is 1.00 bits per heavy atom. The fourth-order valence-corrected chi connectivity index (χ4v) is 2.11. The number of phenolic OH excluding ortho intramolecular Hbond substituents is 1. The van der Waals surface area contributed by atoms with E-state index in [1.54, 1.807) is 6.07 Å². The Morgan fingerprint density at radius 2 is 1.53 bits per heavy atom. The molecule has 0 radical (unpaired) electrons. The molecule has 1 N–H and O–H groups in total. The smallest absolute Gasteiger partial charge is 0.498 e. The minimum atomic E-state index is -0.612. The zero-order chi connectivity index (χ0) is 13.8. The molecule has 0 bridgehead atoms. The second-order valence-electron chi connectivity index (χ2n) is 5.85. The number of fused-ring (bicyclic) bond motifs is 1. The number of benzene rings is 1. The quantitative estimate of drug-likeness (QED) is 0.777. The first kappa shape index (κ1) is 12.6. The SMILES string of the molecule is CC1(C)OB(c2cc3c(cc2O)OCO3)OC1(C)C. The summed E-state index contributed by atoms with van der Waals surface area (Å²) in [4.78, 5) is 0. The van der Waals surface area contributed by atoms with Gasteiger partial charge in [-0.15, -0.1) is 0 Å². The van der Waals surface area contributed by atoms with E-state index in [1.165, 1.54) is 6.07 Å². The molecular formula is C13H17BO5. The van der Waals surface area contributed by atoms with Crippen LogP contribution in [0.2, 0.25) is 0 Å². The molecular weight excluding hydrogens is 247 g/mol. The van der Waals surface area contributed by atoms with Crippen molar-refractivity contribution in [3.05, 3.63) is 12.1 Å². The zero-order valence-electron chi connectivity index (χ0n) is 11.5. The number of hydrogen-bond donors (Lipinski definition) is 1. The molecule has 5 nitrogen and oxygen atoms in total. The first-order chi connectivity index (χ1) is 8.80. The summed E-state index contributed by atoms with van der Waals surface area (Å²) in [5.74, 6) is 1.23. The first-order valence-electron chi connectivity index (χ1n) is 6.28. The Bertz CT molecular complexity index is 510. The van der Waals surface area contributed by atoms with Crippen LogP contribution in [-0.4, -0.2) is 30.2 Å². The van der Waals surface area contributed by atoms with Gasteiger partial charge in [0, 0.05) is 11.5 Å². The maximum absolute atomic E-state index is 10.1. The molecule has 0 amide bonds. The van der Waals surface area contributed by atoms with Crippen molar-refractivity contribution in [1.29, 1.82) is 0 Å². The average Bonchev–Trinajstić information content (AvgIpc) is 2.80. The van der Waals surface area contributed by atoms with Crippen LogP contribution in [0.15, 0.2) is 12.1 Å². The number of hydrogen-bond acceptors (Lipinski definition) is 5. The highest BCUT2D eigenvalue weighted by molar-refractivity contribution is 6.63.